The summed E-state index contributed by atoms with van der Waals surface area (Å²) in [7, 11) is 0. The van der Waals surface area contributed by atoms with Crippen LogP contribution in [-0.4, -0.2) is 44.9 Å². The molecule has 1 fully saturated rings. The van der Waals surface area contributed by atoms with Gasteiger partial charge in [-0.15, -0.1) is 11.3 Å². The van der Waals surface area contributed by atoms with E-state index in [2.05, 4.69) is 20.3 Å². The lowest BCUT2D eigenvalue weighted by Crippen LogP contribution is -2.33. The van der Waals surface area contributed by atoms with Crippen LogP contribution in [0.5, 0.6) is 0 Å². The number of rotatable bonds is 3. The van der Waals surface area contributed by atoms with Gasteiger partial charge in [-0.1, -0.05) is 0 Å². The van der Waals surface area contributed by atoms with Crippen molar-refractivity contribution in [2.24, 2.45) is 0 Å². The molecule has 2 aromatic heterocycles. The van der Waals surface area contributed by atoms with E-state index in [1.165, 1.54) is 36.2 Å². The maximum atomic E-state index is 12.5. The van der Waals surface area contributed by atoms with E-state index in [-0.39, 0.29) is 5.91 Å². The summed E-state index contributed by atoms with van der Waals surface area (Å²) >= 11 is 1.45. The summed E-state index contributed by atoms with van der Waals surface area (Å²) in [6.45, 7) is 1.37. The Morgan fingerprint density at radius 3 is 2.83 bits per heavy atom. The molecule has 0 unspecified atom stereocenters. The minimum absolute atomic E-state index is 0.0144. The topological polar surface area (TPSA) is 71.0 Å². The van der Waals surface area contributed by atoms with Crippen LogP contribution in [-0.2, 0) is 12.8 Å². The summed E-state index contributed by atoms with van der Waals surface area (Å²) < 4.78 is 0. The molecule has 4 rings (SSSR count). The maximum Gasteiger partial charge on any atom is 0.273 e. The third-order valence-electron chi connectivity index (χ3n) is 4.67. The zero-order chi connectivity index (χ0) is 15.6. The summed E-state index contributed by atoms with van der Waals surface area (Å²) in [5, 5.41) is 5.35. The molecule has 6 nitrogen and oxygen atoms in total. The predicted octanol–water partition coefficient (Wildman–Crippen LogP) is 2.14. The molecule has 0 radical (unpaired) electrons. The van der Waals surface area contributed by atoms with Crippen molar-refractivity contribution < 1.29 is 4.79 Å². The zero-order valence-corrected chi connectivity index (χ0v) is 13.7. The molecule has 1 aliphatic carbocycles. The van der Waals surface area contributed by atoms with Crippen LogP contribution in [0.15, 0.2) is 17.2 Å². The molecule has 7 heteroatoms. The molecular formula is C16H19N5OS. The zero-order valence-electron chi connectivity index (χ0n) is 12.9. The van der Waals surface area contributed by atoms with Crippen molar-refractivity contribution in [3.05, 3.63) is 34.2 Å². The second-order valence-electron chi connectivity index (χ2n) is 6.09. The van der Waals surface area contributed by atoms with Gasteiger partial charge in [0, 0.05) is 36.5 Å². The first kappa shape index (κ1) is 14.6. The fraction of sp³-hybridized carbons (Fsp3) is 0.500. The van der Waals surface area contributed by atoms with Crippen LogP contribution in [0, 0.1) is 0 Å². The van der Waals surface area contributed by atoms with Crippen molar-refractivity contribution in [2.45, 2.75) is 38.1 Å². The summed E-state index contributed by atoms with van der Waals surface area (Å²) in [5.74, 6) is 0.975. The first-order chi connectivity index (χ1) is 11.3. The highest BCUT2D eigenvalue weighted by Crippen LogP contribution is 2.26. The van der Waals surface area contributed by atoms with Gasteiger partial charge in [-0.05, 0) is 25.7 Å². The van der Waals surface area contributed by atoms with E-state index in [1.807, 2.05) is 10.3 Å². The van der Waals surface area contributed by atoms with Crippen LogP contribution in [0.1, 0.15) is 41.0 Å². The molecule has 0 saturated heterocycles. The molecule has 23 heavy (non-hydrogen) atoms. The Labute approximate surface area is 139 Å². The van der Waals surface area contributed by atoms with Gasteiger partial charge >= 0.3 is 0 Å². The highest BCUT2D eigenvalue weighted by atomic mass is 32.1. The van der Waals surface area contributed by atoms with Crippen LogP contribution in [0.25, 0.3) is 0 Å². The molecule has 120 valence electrons. The van der Waals surface area contributed by atoms with Crippen molar-refractivity contribution in [1.82, 2.24) is 19.9 Å². The quantitative estimate of drug-likeness (QED) is 0.934. The minimum atomic E-state index is 0.0144. The average molecular weight is 329 g/mol. The van der Waals surface area contributed by atoms with E-state index < -0.39 is 0 Å². The Morgan fingerprint density at radius 2 is 2.09 bits per heavy atom. The molecule has 0 atom stereocenters. The Morgan fingerprint density at radius 1 is 1.22 bits per heavy atom. The number of thiazole rings is 1. The van der Waals surface area contributed by atoms with Crippen molar-refractivity contribution >= 4 is 23.1 Å². The number of amides is 1. The molecule has 1 saturated carbocycles. The second kappa shape index (κ2) is 6.23. The van der Waals surface area contributed by atoms with Crippen molar-refractivity contribution in [3.8, 4) is 0 Å². The van der Waals surface area contributed by atoms with Crippen molar-refractivity contribution in [3.63, 3.8) is 0 Å². The number of carbonyl (C=O) groups is 1. The first-order valence-corrected chi connectivity index (χ1v) is 9.02. The number of anilines is 1. The number of aromatic nitrogens is 3. The van der Waals surface area contributed by atoms with Crippen LogP contribution >= 0.6 is 11.3 Å². The Hall–Kier alpha value is -2.02. The Bertz CT molecular complexity index is 699. The first-order valence-electron chi connectivity index (χ1n) is 8.08. The standard InChI is InChI=1S/C16H19N5OS/c22-16(14-8-23-10-19-14)21-6-4-12-13(5-7-21)17-9-18-15(12)20-11-2-1-3-11/h8-11H,1-7H2,(H,17,18,20). The lowest BCUT2D eigenvalue weighted by atomic mass is 9.93. The number of hydrogen-bond donors (Lipinski definition) is 1. The van der Waals surface area contributed by atoms with Gasteiger partial charge in [0.15, 0.2) is 0 Å². The molecule has 0 bridgehead atoms. The molecular weight excluding hydrogens is 310 g/mol. The van der Waals surface area contributed by atoms with Gasteiger partial charge < -0.3 is 10.2 Å². The summed E-state index contributed by atoms with van der Waals surface area (Å²) in [5.41, 5.74) is 4.48. The predicted molar refractivity (Wildman–Crippen MR) is 88.7 cm³/mol. The lowest BCUT2D eigenvalue weighted by molar-refractivity contribution is 0.0758. The van der Waals surface area contributed by atoms with E-state index in [4.69, 9.17) is 0 Å². The third-order valence-corrected chi connectivity index (χ3v) is 5.26. The lowest BCUT2D eigenvalue weighted by Gasteiger charge is -2.28. The normalized spacial score (nSPS) is 18.0. The number of nitrogens with one attached hydrogen (secondary N) is 1. The van der Waals surface area contributed by atoms with Crippen molar-refractivity contribution in [1.29, 1.82) is 0 Å². The molecule has 0 aromatic carbocycles. The highest BCUT2D eigenvalue weighted by Gasteiger charge is 2.25. The van der Waals surface area contributed by atoms with Gasteiger partial charge in [-0.2, -0.15) is 0 Å². The number of hydrogen-bond acceptors (Lipinski definition) is 6. The van der Waals surface area contributed by atoms with Crippen LogP contribution in [0.4, 0.5) is 5.82 Å². The van der Waals surface area contributed by atoms with Crippen LogP contribution in [0.3, 0.4) is 0 Å². The van der Waals surface area contributed by atoms with E-state index in [0.29, 0.717) is 24.8 Å². The SMILES string of the molecule is O=C(c1cscn1)N1CCc2ncnc(NC3CCC3)c2CC1. The van der Waals surface area contributed by atoms with Gasteiger partial charge in [0.05, 0.1) is 11.2 Å². The molecule has 0 spiro atoms. The van der Waals surface area contributed by atoms with Gasteiger partial charge in [0.25, 0.3) is 5.91 Å². The molecule has 3 heterocycles. The third kappa shape index (κ3) is 2.93. The number of fused-ring (bicyclic) bond motifs is 1. The Balaban J connectivity index is 1.51. The fourth-order valence-electron chi connectivity index (χ4n) is 3.08. The molecule has 1 aliphatic heterocycles. The molecule has 2 aromatic rings. The highest BCUT2D eigenvalue weighted by molar-refractivity contribution is 7.07. The van der Waals surface area contributed by atoms with Gasteiger partial charge in [-0.25, -0.2) is 15.0 Å². The summed E-state index contributed by atoms with van der Waals surface area (Å²) in [4.78, 5) is 27.4. The van der Waals surface area contributed by atoms with E-state index >= 15 is 0 Å². The van der Waals surface area contributed by atoms with E-state index in [9.17, 15) is 4.79 Å². The number of nitrogens with zero attached hydrogens (tertiary/aromatic N) is 4. The van der Waals surface area contributed by atoms with Gasteiger partial charge in [0.2, 0.25) is 0 Å². The average Bonchev–Trinajstić information content (AvgIpc) is 2.97. The Kier molecular flexibility index (Phi) is 3.95. The van der Waals surface area contributed by atoms with E-state index in [1.54, 1.807) is 11.8 Å². The summed E-state index contributed by atoms with van der Waals surface area (Å²) in [6.07, 6.45) is 6.92. The summed E-state index contributed by atoms with van der Waals surface area (Å²) in [6, 6.07) is 0.546. The maximum absolute atomic E-state index is 12.5. The monoisotopic (exact) mass is 329 g/mol. The van der Waals surface area contributed by atoms with E-state index in [0.717, 1.165) is 24.4 Å². The molecule has 1 N–H and O–H groups in total. The molecule has 2 aliphatic rings. The van der Waals surface area contributed by atoms with Crippen LogP contribution in [0.2, 0.25) is 0 Å². The molecule has 1 amide bonds. The fourth-order valence-corrected chi connectivity index (χ4v) is 3.61. The minimum Gasteiger partial charge on any atom is -0.367 e. The smallest absolute Gasteiger partial charge is 0.273 e. The second-order valence-corrected chi connectivity index (χ2v) is 6.80. The van der Waals surface area contributed by atoms with Gasteiger partial charge in [0.1, 0.15) is 17.8 Å². The van der Waals surface area contributed by atoms with Crippen molar-refractivity contribution in [2.75, 3.05) is 18.4 Å². The van der Waals surface area contributed by atoms with Crippen LogP contribution < -0.4 is 5.32 Å². The largest absolute Gasteiger partial charge is 0.367 e. The van der Waals surface area contributed by atoms with Gasteiger partial charge in [-0.3, -0.25) is 4.79 Å². The number of carbonyl (C=O) groups excluding carboxylic acids is 1.